The summed E-state index contributed by atoms with van der Waals surface area (Å²) in [6.45, 7) is 6.86. The van der Waals surface area contributed by atoms with E-state index < -0.39 is 0 Å². The fraction of sp³-hybridized carbons (Fsp3) is 0.467. The Morgan fingerprint density at radius 3 is 2.36 bits per heavy atom. The molecule has 22 heavy (non-hydrogen) atoms. The van der Waals surface area contributed by atoms with E-state index in [0.29, 0.717) is 24.6 Å². The first-order chi connectivity index (χ1) is 9.81. The predicted octanol–water partition coefficient (Wildman–Crippen LogP) is 1.75. The number of nitrogens with two attached hydrogens (primary N) is 1. The van der Waals surface area contributed by atoms with Crippen molar-refractivity contribution >= 4 is 35.8 Å². The van der Waals surface area contributed by atoms with E-state index in [1.807, 2.05) is 20.8 Å². The molecule has 0 heterocycles. The van der Waals surface area contributed by atoms with Crippen molar-refractivity contribution in [1.82, 2.24) is 10.6 Å². The van der Waals surface area contributed by atoms with Crippen molar-refractivity contribution in [3.05, 3.63) is 29.8 Å². The SMILES string of the molecule is COc1ccc(C(=O)NCCN=C(N)NC(C)(C)C)cc1.I. The summed E-state index contributed by atoms with van der Waals surface area (Å²) < 4.78 is 5.04. The maximum atomic E-state index is 11.9. The van der Waals surface area contributed by atoms with E-state index in [0.717, 1.165) is 5.75 Å². The number of benzene rings is 1. The summed E-state index contributed by atoms with van der Waals surface area (Å²) in [5, 5.41) is 5.84. The minimum Gasteiger partial charge on any atom is -0.497 e. The molecule has 0 aliphatic heterocycles. The van der Waals surface area contributed by atoms with Gasteiger partial charge in [-0.05, 0) is 45.0 Å². The van der Waals surface area contributed by atoms with Crippen molar-refractivity contribution in [2.75, 3.05) is 20.2 Å². The largest absolute Gasteiger partial charge is 0.497 e. The number of amides is 1. The molecule has 0 aromatic heterocycles. The molecule has 0 unspecified atom stereocenters. The Morgan fingerprint density at radius 1 is 1.27 bits per heavy atom. The zero-order valence-corrected chi connectivity index (χ0v) is 15.8. The average Bonchev–Trinajstić information content (AvgIpc) is 2.41. The normalized spacial score (nSPS) is 11.4. The molecule has 0 aliphatic rings. The lowest BCUT2D eigenvalue weighted by molar-refractivity contribution is 0.0954. The molecule has 1 aromatic carbocycles. The van der Waals surface area contributed by atoms with E-state index in [9.17, 15) is 4.79 Å². The summed E-state index contributed by atoms with van der Waals surface area (Å²) in [5.74, 6) is 0.952. The van der Waals surface area contributed by atoms with Gasteiger partial charge < -0.3 is 21.1 Å². The van der Waals surface area contributed by atoms with Crippen molar-refractivity contribution < 1.29 is 9.53 Å². The first-order valence-electron chi connectivity index (χ1n) is 6.82. The first-order valence-corrected chi connectivity index (χ1v) is 6.82. The van der Waals surface area contributed by atoms with Gasteiger partial charge in [-0.3, -0.25) is 9.79 Å². The second kappa shape index (κ2) is 9.50. The Labute approximate surface area is 148 Å². The smallest absolute Gasteiger partial charge is 0.251 e. The van der Waals surface area contributed by atoms with Crippen molar-refractivity contribution in [3.8, 4) is 5.75 Å². The summed E-state index contributed by atoms with van der Waals surface area (Å²) in [5.41, 5.74) is 6.19. The van der Waals surface area contributed by atoms with Crippen LogP contribution >= 0.6 is 24.0 Å². The number of ether oxygens (including phenoxy) is 1. The fourth-order valence-corrected chi connectivity index (χ4v) is 1.61. The van der Waals surface area contributed by atoms with Crippen LogP contribution in [0.4, 0.5) is 0 Å². The number of guanidine groups is 1. The van der Waals surface area contributed by atoms with Crippen LogP contribution in [0.5, 0.6) is 5.75 Å². The third-order valence-corrected chi connectivity index (χ3v) is 2.53. The van der Waals surface area contributed by atoms with Crippen molar-refractivity contribution in [2.45, 2.75) is 26.3 Å². The monoisotopic (exact) mass is 420 g/mol. The highest BCUT2D eigenvalue weighted by Gasteiger charge is 2.09. The maximum Gasteiger partial charge on any atom is 0.251 e. The van der Waals surface area contributed by atoms with E-state index in [-0.39, 0.29) is 35.4 Å². The van der Waals surface area contributed by atoms with Gasteiger partial charge >= 0.3 is 0 Å². The number of hydrogen-bond acceptors (Lipinski definition) is 3. The van der Waals surface area contributed by atoms with Crippen molar-refractivity contribution in [2.24, 2.45) is 10.7 Å². The van der Waals surface area contributed by atoms with Crippen LogP contribution in [0.15, 0.2) is 29.3 Å². The molecule has 0 bridgehead atoms. The highest BCUT2D eigenvalue weighted by molar-refractivity contribution is 14.0. The highest BCUT2D eigenvalue weighted by Crippen LogP contribution is 2.10. The minimum atomic E-state index is -0.143. The number of aliphatic imine (C=N–C) groups is 1. The number of nitrogens with zero attached hydrogens (tertiary/aromatic N) is 1. The van der Waals surface area contributed by atoms with Crippen LogP contribution < -0.4 is 21.1 Å². The number of halogens is 1. The highest BCUT2D eigenvalue weighted by atomic mass is 127. The Morgan fingerprint density at radius 2 is 1.86 bits per heavy atom. The van der Waals surface area contributed by atoms with E-state index in [1.165, 1.54) is 0 Å². The zero-order chi connectivity index (χ0) is 15.9. The van der Waals surface area contributed by atoms with Gasteiger partial charge in [0.2, 0.25) is 0 Å². The number of rotatable bonds is 5. The molecule has 0 spiro atoms. The Bertz CT molecular complexity index is 495. The lowest BCUT2D eigenvalue weighted by atomic mass is 10.1. The van der Waals surface area contributed by atoms with Crippen LogP contribution in [0.25, 0.3) is 0 Å². The fourth-order valence-electron chi connectivity index (χ4n) is 1.61. The summed E-state index contributed by atoms with van der Waals surface area (Å²) in [4.78, 5) is 16.0. The maximum absolute atomic E-state index is 11.9. The van der Waals surface area contributed by atoms with Crippen LogP contribution in [-0.2, 0) is 0 Å². The number of methoxy groups -OCH3 is 1. The average molecular weight is 420 g/mol. The molecular formula is C15H25IN4O2. The Kier molecular flexibility index (Phi) is 8.84. The molecule has 0 atom stereocenters. The molecule has 0 aliphatic carbocycles. The van der Waals surface area contributed by atoms with Gasteiger partial charge in [-0.2, -0.15) is 0 Å². The molecule has 1 rings (SSSR count). The van der Waals surface area contributed by atoms with Gasteiger partial charge in [0.1, 0.15) is 5.75 Å². The molecular weight excluding hydrogens is 395 g/mol. The standard InChI is InChI=1S/C15H24N4O2.HI/c1-15(2,3)19-14(16)18-10-9-17-13(20)11-5-7-12(21-4)8-6-11;/h5-8H,9-10H2,1-4H3,(H,17,20)(H3,16,18,19);1H. The molecule has 0 radical (unpaired) electrons. The number of nitrogens with one attached hydrogen (secondary N) is 2. The number of hydrogen-bond donors (Lipinski definition) is 3. The lowest BCUT2D eigenvalue weighted by Crippen LogP contribution is -2.45. The quantitative estimate of drug-likeness (QED) is 0.293. The van der Waals surface area contributed by atoms with Gasteiger partial charge in [-0.1, -0.05) is 0 Å². The molecule has 1 amide bonds. The molecule has 6 nitrogen and oxygen atoms in total. The minimum absolute atomic E-state index is 0. The topological polar surface area (TPSA) is 88.7 Å². The first kappa shape index (κ1) is 20.5. The molecule has 7 heteroatoms. The second-order valence-corrected chi connectivity index (χ2v) is 5.63. The second-order valence-electron chi connectivity index (χ2n) is 5.63. The van der Waals surface area contributed by atoms with Gasteiger partial charge in [0.15, 0.2) is 5.96 Å². The zero-order valence-electron chi connectivity index (χ0n) is 13.5. The van der Waals surface area contributed by atoms with Gasteiger partial charge in [0.25, 0.3) is 5.91 Å². The Hall–Kier alpha value is -1.51. The summed E-state index contributed by atoms with van der Waals surface area (Å²) in [6.07, 6.45) is 0. The van der Waals surface area contributed by atoms with Gasteiger partial charge in [0.05, 0.1) is 13.7 Å². The van der Waals surface area contributed by atoms with Crippen molar-refractivity contribution in [1.29, 1.82) is 0 Å². The molecule has 0 fully saturated rings. The van der Waals surface area contributed by atoms with E-state index in [2.05, 4.69) is 15.6 Å². The van der Waals surface area contributed by atoms with Crippen molar-refractivity contribution in [3.63, 3.8) is 0 Å². The molecule has 1 aromatic rings. The molecule has 124 valence electrons. The third-order valence-electron chi connectivity index (χ3n) is 2.53. The van der Waals surface area contributed by atoms with E-state index >= 15 is 0 Å². The third kappa shape index (κ3) is 8.06. The van der Waals surface area contributed by atoms with Crippen LogP contribution in [0.3, 0.4) is 0 Å². The van der Waals surface area contributed by atoms with Gasteiger partial charge in [-0.25, -0.2) is 0 Å². The number of carbonyl (C=O) groups is 1. The summed E-state index contributed by atoms with van der Waals surface area (Å²) in [7, 11) is 1.59. The predicted molar refractivity (Wildman–Crippen MR) is 100 cm³/mol. The van der Waals surface area contributed by atoms with E-state index in [4.69, 9.17) is 10.5 Å². The van der Waals surface area contributed by atoms with Crippen LogP contribution in [0.1, 0.15) is 31.1 Å². The van der Waals surface area contributed by atoms with E-state index in [1.54, 1.807) is 31.4 Å². The molecule has 0 saturated carbocycles. The molecule has 0 saturated heterocycles. The summed E-state index contributed by atoms with van der Waals surface area (Å²) in [6, 6.07) is 6.93. The Balaban J connectivity index is 0.00000441. The summed E-state index contributed by atoms with van der Waals surface area (Å²) >= 11 is 0. The van der Waals surface area contributed by atoms with Gasteiger partial charge in [-0.15, -0.1) is 24.0 Å². The number of carbonyl (C=O) groups excluding carboxylic acids is 1. The van der Waals surface area contributed by atoms with Gasteiger partial charge in [0, 0.05) is 17.6 Å². The van der Waals surface area contributed by atoms with Crippen LogP contribution in [-0.4, -0.2) is 37.6 Å². The molecule has 4 N–H and O–H groups in total. The van der Waals surface area contributed by atoms with Crippen LogP contribution in [0.2, 0.25) is 0 Å². The van der Waals surface area contributed by atoms with Crippen LogP contribution in [0, 0.1) is 0 Å². The lowest BCUT2D eigenvalue weighted by Gasteiger charge is -2.20.